The highest BCUT2D eigenvalue weighted by Gasteiger charge is 2.15. The minimum Gasteiger partial charge on any atom is -0.497 e. The lowest BCUT2D eigenvalue weighted by Gasteiger charge is -2.03. The van der Waals surface area contributed by atoms with Crippen LogP contribution in [0.4, 0.5) is 0 Å². The Kier molecular flexibility index (Phi) is 4.74. The van der Waals surface area contributed by atoms with Crippen molar-refractivity contribution in [2.75, 3.05) is 7.11 Å². The van der Waals surface area contributed by atoms with Gasteiger partial charge in [0.15, 0.2) is 0 Å². The van der Waals surface area contributed by atoms with Crippen LogP contribution in [0.1, 0.15) is 23.2 Å². The molecule has 2 rings (SSSR count). The quantitative estimate of drug-likeness (QED) is 0.886. The van der Waals surface area contributed by atoms with E-state index in [4.69, 9.17) is 9.84 Å². The normalized spacial score (nSPS) is 10.5. The summed E-state index contributed by atoms with van der Waals surface area (Å²) in [5.74, 6) is -0.0518. The summed E-state index contributed by atoms with van der Waals surface area (Å²) >= 11 is 1.49. The van der Waals surface area contributed by atoms with Crippen LogP contribution in [0.15, 0.2) is 24.3 Å². The van der Waals surface area contributed by atoms with E-state index in [1.54, 1.807) is 7.11 Å². The van der Waals surface area contributed by atoms with Crippen LogP contribution in [0.5, 0.6) is 5.75 Å². The van der Waals surface area contributed by atoms with E-state index in [0.717, 1.165) is 39.7 Å². The first kappa shape index (κ1) is 14.5. The van der Waals surface area contributed by atoms with Crippen LogP contribution in [0.2, 0.25) is 0 Å². The smallest absolute Gasteiger partial charge is 0.308 e. The van der Waals surface area contributed by atoms with E-state index in [1.807, 2.05) is 24.3 Å². The Morgan fingerprint density at radius 1 is 1.35 bits per heavy atom. The zero-order chi connectivity index (χ0) is 14.5. The molecule has 106 valence electrons. The van der Waals surface area contributed by atoms with Crippen LogP contribution in [0, 0.1) is 0 Å². The van der Waals surface area contributed by atoms with Crippen molar-refractivity contribution in [2.45, 2.75) is 26.2 Å². The van der Waals surface area contributed by atoms with Crippen molar-refractivity contribution in [3.63, 3.8) is 0 Å². The summed E-state index contributed by atoms with van der Waals surface area (Å²) < 4.78 is 5.13. The molecule has 1 heterocycles. The van der Waals surface area contributed by atoms with Crippen LogP contribution in [0.3, 0.4) is 0 Å². The maximum Gasteiger partial charge on any atom is 0.308 e. The second kappa shape index (κ2) is 6.52. The second-order valence-electron chi connectivity index (χ2n) is 4.43. The Labute approximate surface area is 122 Å². The number of nitrogens with zero attached hydrogens (tertiary/aromatic N) is 1. The largest absolute Gasteiger partial charge is 0.497 e. The van der Waals surface area contributed by atoms with Crippen LogP contribution in [-0.4, -0.2) is 23.2 Å². The van der Waals surface area contributed by atoms with E-state index >= 15 is 0 Å². The molecule has 1 aromatic heterocycles. The van der Waals surface area contributed by atoms with Gasteiger partial charge in [0, 0.05) is 10.4 Å². The van der Waals surface area contributed by atoms with Gasteiger partial charge in [-0.25, -0.2) is 4.98 Å². The molecule has 0 amide bonds. The van der Waals surface area contributed by atoms with Gasteiger partial charge in [0.2, 0.25) is 0 Å². The molecule has 0 fully saturated rings. The number of ether oxygens (including phenoxy) is 1. The molecule has 0 bridgehead atoms. The van der Waals surface area contributed by atoms with Crippen LogP contribution in [0.25, 0.3) is 11.3 Å². The highest BCUT2D eigenvalue weighted by molar-refractivity contribution is 7.12. The molecule has 0 radical (unpaired) electrons. The van der Waals surface area contributed by atoms with Crippen molar-refractivity contribution in [1.82, 2.24) is 4.98 Å². The average Bonchev–Trinajstić information content (AvgIpc) is 2.81. The van der Waals surface area contributed by atoms with Gasteiger partial charge >= 0.3 is 5.97 Å². The number of benzene rings is 1. The van der Waals surface area contributed by atoms with Gasteiger partial charge in [0.25, 0.3) is 0 Å². The van der Waals surface area contributed by atoms with E-state index in [9.17, 15) is 4.79 Å². The maximum atomic E-state index is 11.0. The molecule has 0 unspecified atom stereocenters. The predicted molar refractivity (Wildman–Crippen MR) is 79.4 cm³/mol. The summed E-state index contributed by atoms with van der Waals surface area (Å²) in [5.41, 5.74) is 1.71. The van der Waals surface area contributed by atoms with Crippen molar-refractivity contribution < 1.29 is 14.6 Å². The van der Waals surface area contributed by atoms with Gasteiger partial charge in [0.1, 0.15) is 5.75 Å². The number of aryl methyl sites for hydroxylation is 1. The topological polar surface area (TPSA) is 59.4 Å². The summed E-state index contributed by atoms with van der Waals surface area (Å²) in [7, 11) is 1.62. The Balaban J connectivity index is 2.38. The molecular weight excluding hydrogens is 274 g/mol. The Bertz CT molecular complexity index is 590. The summed E-state index contributed by atoms with van der Waals surface area (Å²) in [6.45, 7) is 2.09. The molecule has 0 atom stereocenters. The molecule has 4 nitrogen and oxygen atoms in total. The molecule has 0 saturated carbocycles. The number of aliphatic carboxylic acids is 1. The van der Waals surface area contributed by atoms with Gasteiger partial charge in [-0.3, -0.25) is 4.79 Å². The summed E-state index contributed by atoms with van der Waals surface area (Å²) in [5, 5.41) is 10.0. The highest BCUT2D eigenvalue weighted by atomic mass is 32.1. The third-order valence-electron chi connectivity index (χ3n) is 2.88. The predicted octanol–water partition coefficient (Wildman–Crippen LogP) is 3.40. The van der Waals surface area contributed by atoms with Crippen molar-refractivity contribution in [2.24, 2.45) is 0 Å². The molecule has 1 aromatic carbocycles. The number of rotatable bonds is 6. The van der Waals surface area contributed by atoms with Gasteiger partial charge < -0.3 is 9.84 Å². The summed E-state index contributed by atoms with van der Waals surface area (Å²) in [4.78, 5) is 16.4. The lowest BCUT2D eigenvalue weighted by molar-refractivity contribution is -0.136. The highest BCUT2D eigenvalue weighted by Crippen LogP contribution is 2.30. The fourth-order valence-corrected chi connectivity index (χ4v) is 3.14. The fraction of sp³-hybridized carbons (Fsp3) is 0.333. The molecule has 5 heteroatoms. The minimum atomic E-state index is -0.827. The molecule has 0 spiro atoms. The van der Waals surface area contributed by atoms with E-state index in [1.165, 1.54) is 11.3 Å². The van der Waals surface area contributed by atoms with Crippen LogP contribution >= 0.6 is 11.3 Å². The Morgan fingerprint density at radius 2 is 2.05 bits per heavy atom. The molecule has 0 aliphatic carbocycles. The first-order valence-corrected chi connectivity index (χ1v) is 7.30. The van der Waals surface area contributed by atoms with E-state index in [0.29, 0.717) is 0 Å². The minimum absolute atomic E-state index is 0.0166. The summed E-state index contributed by atoms with van der Waals surface area (Å²) in [6, 6.07) is 7.54. The maximum absolute atomic E-state index is 11.0. The number of hydrogen-bond acceptors (Lipinski definition) is 4. The summed E-state index contributed by atoms with van der Waals surface area (Å²) in [6.07, 6.45) is 1.90. The van der Waals surface area contributed by atoms with Crippen LogP contribution in [-0.2, 0) is 17.6 Å². The molecule has 0 saturated heterocycles. The first-order chi connectivity index (χ1) is 9.63. The van der Waals surface area contributed by atoms with Crippen molar-refractivity contribution >= 4 is 17.3 Å². The number of hydrogen-bond donors (Lipinski definition) is 1. The van der Waals surface area contributed by atoms with Gasteiger partial charge in [-0.05, 0) is 37.1 Å². The standard InChI is InChI=1S/C15H17NO3S/c1-3-4-13-16-15(12(20-13)9-14(17)18)10-5-7-11(19-2)8-6-10/h5-8H,3-4,9H2,1-2H3,(H,17,18). The number of carbonyl (C=O) groups is 1. The van der Waals surface area contributed by atoms with Gasteiger partial charge in [-0.1, -0.05) is 6.92 Å². The monoisotopic (exact) mass is 291 g/mol. The fourth-order valence-electron chi connectivity index (χ4n) is 1.95. The van der Waals surface area contributed by atoms with E-state index in [-0.39, 0.29) is 6.42 Å². The zero-order valence-electron chi connectivity index (χ0n) is 11.5. The molecular formula is C15H17NO3S. The molecule has 0 aliphatic rings. The van der Waals surface area contributed by atoms with E-state index in [2.05, 4.69) is 11.9 Å². The first-order valence-electron chi connectivity index (χ1n) is 6.48. The van der Waals surface area contributed by atoms with Crippen LogP contribution < -0.4 is 4.74 Å². The van der Waals surface area contributed by atoms with Crippen molar-refractivity contribution in [3.05, 3.63) is 34.2 Å². The Morgan fingerprint density at radius 3 is 2.60 bits per heavy atom. The second-order valence-corrected chi connectivity index (χ2v) is 5.60. The number of thiazole rings is 1. The van der Waals surface area contributed by atoms with Crippen molar-refractivity contribution in [3.8, 4) is 17.0 Å². The average molecular weight is 291 g/mol. The molecule has 1 N–H and O–H groups in total. The SMILES string of the molecule is CCCc1nc(-c2ccc(OC)cc2)c(CC(=O)O)s1. The molecule has 2 aromatic rings. The lowest BCUT2D eigenvalue weighted by atomic mass is 10.1. The number of methoxy groups -OCH3 is 1. The van der Waals surface area contributed by atoms with Gasteiger partial charge in [-0.2, -0.15) is 0 Å². The number of carboxylic acids is 1. The number of aromatic nitrogens is 1. The lowest BCUT2D eigenvalue weighted by Crippen LogP contribution is -1.99. The molecule has 20 heavy (non-hydrogen) atoms. The molecule has 0 aliphatic heterocycles. The van der Waals surface area contributed by atoms with Gasteiger partial charge in [0.05, 0.1) is 24.2 Å². The third-order valence-corrected chi connectivity index (χ3v) is 4.00. The Hall–Kier alpha value is -1.88. The van der Waals surface area contributed by atoms with E-state index < -0.39 is 5.97 Å². The van der Waals surface area contributed by atoms with Gasteiger partial charge in [-0.15, -0.1) is 11.3 Å². The zero-order valence-corrected chi connectivity index (χ0v) is 12.4. The van der Waals surface area contributed by atoms with Crippen molar-refractivity contribution in [1.29, 1.82) is 0 Å². The number of carboxylic acid groups (broad SMARTS) is 1. The third kappa shape index (κ3) is 3.36.